The molecule has 0 aromatic carbocycles. The Morgan fingerprint density at radius 3 is 0.893 bits per heavy atom. The molecule has 0 atom stereocenters. The number of H-pyrrole nitrogens is 2. The van der Waals surface area contributed by atoms with E-state index in [1.54, 1.807) is 0 Å². The van der Waals surface area contributed by atoms with E-state index in [9.17, 15) is 0 Å². The average molecular weight is 739 g/mol. The number of likely N-dealkylation sites (N-methyl/N-ethyl adjacent to an activating group) is 4. The molecule has 2 N–H and O–H groups in total. The molecule has 0 amide bonds. The van der Waals surface area contributed by atoms with E-state index in [-0.39, 0.29) is 0 Å². The van der Waals surface area contributed by atoms with Gasteiger partial charge < -0.3 is 29.6 Å². The van der Waals surface area contributed by atoms with Gasteiger partial charge in [0.15, 0.2) is 0 Å². The summed E-state index contributed by atoms with van der Waals surface area (Å²) in [7, 11) is 0. The van der Waals surface area contributed by atoms with E-state index in [4.69, 9.17) is 9.97 Å². The molecule has 3 aromatic rings. The smallest absolute Gasteiger partial charge is 0.0734 e. The Balaban J connectivity index is 1.40. The van der Waals surface area contributed by atoms with Crippen LogP contribution in [0.25, 0.3) is 68.7 Å². The summed E-state index contributed by atoms with van der Waals surface area (Å²) in [6, 6.07) is 8.94. The van der Waals surface area contributed by atoms with Gasteiger partial charge in [0.25, 0.3) is 0 Å². The summed E-state index contributed by atoms with van der Waals surface area (Å²) >= 11 is 0. The van der Waals surface area contributed by atoms with Crippen molar-refractivity contribution in [1.82, 2.24) is 39.5 Å². The minimum atomic E-state index is 0.807. The zero-order chi connectivity index (χ0) is 38.2. The third-order valence-electron chi connectivity index (χ3n) is 11.5. The van der Waals surface area contributed by atoms with Crippen molar-refractivity contribution in [1.29, 1.82) is 0 Å². The van der Waals surface area contributed by atoms with Gasteiger partial charge in [0.05, 0.1) is 22.8 Å². The van der Waals surface area contributed by atoms with Crippen LogP contribution in [0.1, 0.15) is 72.7 Å². The van der Waals surface area contributed by atoms with E-state index in [1.807, 2.05) is 0 Å². The number of aromatic nitrogens is 4. The molecule has 0 unspecified atom stereocenters. The van der Waals surface area contributed by atoms with Crippen LogP contribution in [0.3, 0.4) is 0 Å². The fraction of sp³-hybridized carbons (Fsp3) is 0.250. The molecule has 0 saturated heterocycles. The van der Waals surface area contributed by atoms with Gasteiger partial charge in [0.1, 0.15) is 0 Å². The second kappa shape index (κ2) is 15.1. The molecule has 9 heterocycles. The first-order valence-electron chi connectivity index (χ1n) is 20.2. The second-order valence-electron chi connectivity index (χ2n) is 14.9. The van der Waals surface area contributed by atoms with Crippen molar-refractivity contribution in [2.45, 2.75) is 27.7 Å². The number of rotatable bonds is 8. The molecule has 0 aliphatic carbocycles. The fourth-order valence-corrected chi connectivity index (χ4v) is 8.50. The van der Waals surface area contributed by atoms with Crippen molar-refractivity contribution in [3.8, 4) is 0 Å². The maximum atomic E-state index is 5.53. The highest BCUT2D eigenvalue weighted by molar-refractivity contribution is 5.97. The summed E-state index contributed by atoms with van der Waals surface area (Å²) in [5, 5.41) is 0. The van der Waals surface area contributed by atoms with E-state index in [2.05, 4.69) is 179 Å². The zero-order valence-corrected chi connectivity index (χ0v) is 32.9. The minimum Gasteiger partial charge on any atom is -0.373 e. The van der Waals surface area contributed by atoms with Crippen molar-refractivity contribution in [3.63, 3.8) is 0 Å². The van der Waals surface area contributed by atoms with Crippen LogP contribution < -0.4 is 0 Å². The molecule has 0 fully saturated rings. The number of allylic oxidation sites excluding steroid dienone is 8. The van der Waals surface area contributed by atoms with Crippen molar-refractivity contribution in [3.05, 3.63) is 143 Å². The quantitative estimate of drug-likeness (QED) is 0.165. The largest absolute Gasteiger partial charge is 0.373 e. The molecule has 0 spiro atoms. The van der Waals surface area contributed by atoms with E-state index in [0.29, 0.717) is 0 Å². The first-order chi connectivity index (χ1) is 27.5. The molecule has 8 nitrogen and oxygen atoms in total. The standard InChI is InChI=1S/C48H50N8/c1-5-53-25-9-13-33(29-53)45-37-17-19-39(49-37)46(34-14-10-26-54(6-2)30-34)41-21-23-43(51-41)48(36-16-12-28-56(8-4)32-36)44-24-22-42(52-44)47(40-20-18-38(45)50-40)35-15-11-27-55(7-3)31-35/h9-28,49,52H,5-8,29-32H2,1-4H3. The van der Waals surface area contributed by atoms with Crippen molar-refractivity contribution in [2.75, 3.05) is 52.4 Å². The Morgan fingerprint density at radius 1 is 0.411 bits per heavy atom. The lowest BCUT2D eigenvalue weighted by molar-refractivity contribution is 0.442. The van der Waals surface area contributed by atoms with Gasteiger partial charge in [-0.2, -0.15) is 0 Å². The number of aromatic amines is 2. The summed E-state index contributed by atoms with van der Waals surface area (Å²) in [6.45, 7) is 15.8. The molecule has 282 valence electrons. The molecule has 56 heavy (non-hydrogen) atoms. The molecule has 0 saturated carbocycles. The van der Waals surface area contributed by atoms with E-state index >= 15 is 0 Å². The molecule has 8 heteroatoms. The van der Waals surface area contributed by atoms with Gasteiger partial charge in [-0.15, -0.1) is 0 Å². The molecule has 9 rings (SSSR count). The van der Waals surface area contributed by atoms with Crippen LogP contribution in [0.15, 0.2) is 97.7 Å². The highest BCUT2D eigenvalue weighted by Gasteiger charge is 2.23. The predicted octanol–water partition coefficient (Wildman–Crippen LogP) is 9.59. The Kier molecular flexibility index (Phi) is 9.55. The molecule has 0 radical (unpaired) electrons. The van der Waals surface area contributed by atoms with Gasteiger partial charge in [-0.1, -0.05) is 24.3 Å². The van der Waals surface area contributed by atoms with Crippen molar-refractivity contribution in [2.24, 2.45) is 0 Å². The van der Waals surface area contributed by atoms with Crippen LogP contribution in [-0.4, -0.2) is 91.9 Å². The van der Waals surface area contributed by atoms with Crippen LogP contribution in [-0.2, 0) is 0 Å². The molecule has 6 aliphatic heterocycles. The lowest BCUT2D eigenvalue weighted by Crippen LogP contribution is -2.21. The number of nitrogens with zero attached hydrogens (tertiary/aromatic N) is 6. The SMILES string of the molecule is CCN1C=CC=C(c2c3nc(c(C4=CC=CN(CC)C4)c4ccc([nH]4)c(C4=CC=CN(CC)C4)c4nc(c(C5=CC=CN(CC)C5)c5ccc2[nH]5)C=C4)C=C3)C1. The minimum absolute atomic E-state index is 0.807. The van der Waals surface area contributed by atoms with Crippen LogP contribution in [0.2, 0.25) is 0 Å². The number of nitrogens with one attached hydrogen (secondary N) is 2. The van der Waals surface area contributed by atoms with Crippen molar-refractivity contribution < 1.29 is 0 Å². The van der Waals surface area contributed by atoms with Crippen LogP contribution >= 0.6 is 0 Å². The number of hydrogen-bond acceptors (Lipinski definition) is 6. The zero-order valence-electron chi connectivity index (χ0n) is 32.9. The van der Waals surface area contributed by atoms with E-state index < -0.39 is 0 Å². The van der Waals surface area contributed by atoms with E-state index in [0.717, 1.165) is 119 Å². The first kappa shape index (κ1) is 35.4. The van der Waals surface area contributed by atoms with E-state index in [1.165, 1.54) is 22.3 Å². The third-order valence-corrected chi connectivity index (χ3v) is 11.5. The normalized spacial score (nSPS) is 17.5. The number of fused-ring (bicyclic) bond motifs is 8. The Labute approximate surface area is 330 Å². The summed E-state index contributed by atoms with van der Waals surface area (Å²) in [5.41, 5.74) is 17.4. The highest BCUT2D eigenvalue weighted by Crippen LogP contribution is 2.37. The first-order valence-corrected chi connectivity index (χ1v) is 20.2. The van der Waals surface area contributed by atoms with Gasteiger partial charge in [0, 0.05) is 96.7 Å². The lowest BCUT2D eigenvalue weighted by Gasteiger charge is -2.24. The topological polar surface area (TPSA) is 70.3 Å². The van der Waals surface area contributed by atoms with Gasteiger partial charge in [0.2, 0.25) is 0 Å². The van der Waals surface area contributed by atoms with Gasteiger partial charge in [-0.25, -0.2) is 9.97 Å². The Bertz CT molecular complexity index is 2210. The van der Waals surface area contributed by atoms with Crippen LogP contribution in [0.4, 0.5) is 0 Å². The monoisotopic (exact) mass is 738 g/mol. The van der Waals surface area contributed by atoms with Gasteiger partial charge >= 0.3 is 0 Å². The molecule has 3 aromatic heterocycles. The molecular formula is C48H50N8. The van der Waals surface area contributed by atoms with Gasteiger partial charge in [-0.05, 0) is 148 Å². The van der Waals surface area contributed by atoms with Crippen LogP contribution in [0.5, 0.6) is 0 Å². The van der Waals surface area contributed by atoms with Gasteiger partial charge in [-0.3, -0.25) is 0 Å². The molecule has 6 aliphatic rings. The molecular weight excluding hydrogens is 689 g/mol. The maximum Gasteiger partial charge on any atom is 0.0734 e. The maximum absolute atomic E-state index is 5.53. The second-order valence-corrected chi connectivity index (χ2v) is 14.9. The summed E-state index contributed by atoms with van der Waals surface area (Å²) < 4.78 is 0. The predicted molar refractivity (Wildman–Crippen MR) is 236 cm³/mol. The lowest BCUT2D eigenvalue weighted by atomic mass is 10.0. The molecule has 8 bridgehead atoms. The highest BCUT2D eigenvalue weighted by atomic mass is 15.1. The Hall–Kier alpha value is -6.28. The average Bonchev–Trinajstić information content (AvgIpc) is 4.09. The van der Waals surface area contributed by atoms with Crippen molar-refractivity contribution >= 4 is 68.7 Å². The van der Waals surface area contributed by atoms with Crippen LogP contribution in [0, 0.1) is 0 Å². The summed E-state index contributed by atoms with van der Waals surface area (Å²) in [5.74, 6) is 0. The fourth-order valence-electron chi connectivity index (χ4n) is 8.50. The number of hydrogen-bond donors (Lipinski definition) is 2. The third kappa shape index (κ3) is 6.59. The summed E-state index contributed by atoms with van der Waals surface area (Å²) in [6.07, 6.45) is 35.2. The summed E-state index contributed by atoms with van der Waals surface area (Å²) in [4.78, 5) is 28.3. The Morgan fingerprint density at radius 2 is 0.661 bits per heavy atom.